The molecule has 0 saturated carbocycles. The van der Waals surface area contributed by atoms with Gasteiger partial charge in [0.1, 0.15) is 0 Å². The van der Waals surface area contributed by atoms with Crippen molar-refractivity contribution in [3.05, 3.63) is 65.7 Å². The lowest BCUT2D eigenvalue weighted by atomic mass is 10.2. The summed E-state index contributed by atoms with van der Waals surface area (Å²) in [6.45, 7) is 0.441. The average Bonchev–Trinajstić information content (AvgIpc) is 2.99. The second-order valence-electron chi connectivity index (χ2n) is 6.23. The van der Waals surface area contributed by atoms with Crippen LogP contribution in [0.3, 0.4) is 0 Å². The second kappa shape index (κ2) is 7.67. The number of nitrogens with one attached hydrogen (secondary N) is 1. The molecule has 1 N–H and O–H groups in total. The molecule has 0 bridgehead atoms. The summed E-state index contributed by atoms with van der Waals surface area (Å²) in [4.78, 5) is 11.9. The molecule has 0 radical (unpaired) electrons. The minimum Gasteiger partial charge on any atom is -0.322 e. The zero-order chi connectivity index (χ0) is 20.4. The van der Waals surface area contributed by atoms with Crippen molar-refractivity contribution < 1.29 is 26.4 Å². The largest absolute Gasteiger partial charge is 0.416 e. The fourth-order valence-corrected chi connectivity index (χ4v) is 4.37. The number of carbonyl (C=O) groups excluding carboxylic acids is 1. The highest BCUT2D eigenvalue weighted by atomic mass is 32.2. The molecule has 2 aromatic carbocycles. The molecule has 0 aromatic heterocycles. The molecule has 2 aromatic rings. The molecule has 148 valence electrons. The number of hydrogen-bond donors (Lipinski definition) is 1. The van der Waals surface area contributed by atoms with Crippen LogP contribution in [-0.4, -0.2) is 26.6 Å². The minimum absolute atomic E-state index is 0.0408. The number of amides is 1. The van der Waals surface area contributed by atoms with Gasteiger partial charge in [0, 0.05) is 18.3 Å². The quantitative estimate of drug-likeness (QED) is 0.778. The topological polar surface area (TPSA) is 66.5 Å². The van der Waals surface area contributed by atoms with Gasteiger partial charge in [0.2, 0.25) is 15.9 Å². The van der Waals surface area contributed by atoms with Crippen molar-refractivity contribution in [3.8, 4) is 0 Å². The first-order valence-electron chi connectivity index (χ1n) is 8.42. The summed E-state index contributed by atoms with van der Waals surface area (Å²) < 4.78 is 63.3. The van der Waals surface area contributed by atoms with Crippen molar-refractivity contribution >= 4 is 33.4 Å². The van der Waals surface area contributed by atoms with Gasteiger partial charge >= 0.3 is 6.18 Å². The van der Waals surface area contributed by atoms with E-state index in [4.69, 9.17) is 0 Å². The van der Waals surface area contributed by atoms with Crippen LogP contribution < -0.4 is 9.62 Å². The summed E-state index contributed by atoms with van der Waals surface area (Å²) in [6.07, 6.45) is -1.21. The van der Waals surface area contributed by atoms with Gasteiger partial charge in [0.15, 0.2) is 0 Å². The zero-order valence-corrected chi connectivity index (χ0v) is 15.4. The van der Waals surface area contributed by atoms with E-state index in [1.165, 1.54) is 28.6 Å². The van der Waals surface area contributed by atoms with Crippen LogP contribution in [0, 0.1) is 0 Å². The van der Waals surface area contributed by atoms with Crippen LogP contribution in [0.25, 0.3) is 6.08 Å². The smallest absolute Gasteiger partial charge is 0.322 e. The SMILES string of the molecule is O=C(/C=C/c1ccc(N2CCCS2(=O)=O)cc1)Nc1cccc(C(F)(F)F)c1. The second-order valence-corrected chi connectivity index (χ2v) is 8.25. The molecule has 0 atom stereocenters. The number of nitrogens with zero attached hydrogens (tertiary/aromatic N) is 1. The Bertz CT molecular complexity index is 1000. The molecule has 0 aliphatic carbocycles. The maximum Gasteiger partial charge on any atom is 0.416 e. The third-order valence-electron chi connectivity index (χ3n) is 4.16. The molecule has 0 spiro atoms. The highest BCUT2D eigenvalue weighted by molar-refractivity contribution is 7.93. The third-order valence-corrected chi connectivity index (χ3v) is 6.03. The summed E-state index contributed by atoms with van der Waals surface area (Å²) in [5.74, 6) is -0.449. The molecular formula is C19H17F3N2O3S. The third kappa shape index (κ3) is 4.72. The van der Waals surface area contributed by atoms with E-state index in [0.717, 1.165) is 12.1 Å². The summed E-state index contributed by atoms with van der Waals surface area (Å²) in [5.41, 5.74) is 0.406. The molecule has 5 nitrogen and oxygen atoms in total. The first kappa shape index (κ1) is 19.9. The Hall–Kier alpha value is -2.81. The molecule has 1 fully saturated rings. The van der Waals surface area contributed by atoms with Crippen molar-refractivity contribution in [1.82, 2.24) is 0 Å². The van der Waals surface area contributed by atoms with Crippen LogP contribution in [-0.2, 0) is 21.0 Å². The molecule has 1 aliphatic heterocycles. The molecule has 1 saturated heterocycles. The van der Waals surface area contributed by atoms with Crippen LogP contribution in [0.2, 0.25) is 0 Å². The standard InChI is InChI=1S/C19H17F3N2O3S/c20-19(21,22)15-3-1-4-16(13-15)23-18(25)10-7-14-5-8-17(9-6-14)24-11-2-12-28(24,26)27/h1,3-10,13H,2,11-12H2,(H,23,25)/b10-7+. The van der Waals surface area contributed by atoms with E-state index < -0.39 is 27.7 Å². The Labute approximate surface area is 160 Å². The molecule has 1 heterocycles. The molecule has 1 amide bonds. The monoisotopic (exact) mass is 410 g/mol. The fourth-order valence-electron chi connectivity index (χ4n) is 2.81. The van der Waals surface area contributed by atoms with Gasteiger partial charge in [-0.25, -0.2) is 8.42 Å². The van der Waals surface area contributed by atoms with E-state index in [1.54, 1.807) is 24.3 Å². The van der Waals surface area contributed by atoms with E-state index in [9.17, 15) is 26.4 Å². The fraction of sp³-hybridized carbons (Fsp3) is 0.211. The predicted molar refractivity (Wildman–Crippen MR) is 101 cm³/mol. The van der Waals surface area contributed by atoms with Gasteiger partial charge in [-0.3, -0.25) is 9.10 Å². The molecule has 1 aliphatic rings. The first-order valence-corrected chi connectivity index (χ1v) is 10.0. The number of carbonyl (C=O) groups is 1. The normalized spacial score (nSPS) is 16.5. The van der Waals surface area contributed by atoms with Crippen molar-refractivity contribution in [2.24, 2.45) is 0 Å². The zero-order valence-electron chi connectivity index (χ0n) is 14.6. The van der Waals surface area contributed by atoms with Crippen LogP contribution in [0.4, 0.5) is 24.5 Å². The van der Waals surface area contributed by atoms with E-state index in [1.807, 2.05) is 0 Å². The Kier molecular flexibility index (Phi) is 5.46. The van der Waals surface area contributed by atoms with Crippen LogP contribution in [0.5, 0.6) is 0 Å². The summed E-state index contributed by atoms with van der Waals surface area (Å²) in [7, 11) is -3.26. The number of sulfonamides is 1. The number of benzene rings is 2. The van der Waals surface area contributed by atoms with Gasteiger partial charge in [-0.1, -0.05) is 18.2 Å². The Balaban J connectivity index is 1.65. The minimum atomic E-state index is -4.48. The van der Waals surface area contributed by atoms with E-state index in [-0.39, 0.29) is 11.4 Å². The lowest BCUT2D eigenvalue weighted by Crippen LogP contribution is -2.24. The van der Waals surface area contributed by atoms with Crippen molar-refractivity contribution in [3.63, 3.8) is 0 Å². The van der Waals surface area contributed by atoms with Gasteiger partial charge in [-0.15, -0.1) is 0 Å². The lowest BCUT2D eigenvalue weighted by Gasteiger charge is -2.16. The highest BCUT2D eigenvalue weighted by Gasteiger charge is 2.30. The maximum atomic E-state index is 12.7. The van der Waals surface area contributed by atoms with Crippen molar-refractivity contribution in [2.75, 3.05) is 21.9 Å². The predicted octanol–water partition coefficient (Wildman–Crippen LogP) is 3.90. The lowest BCUT2D eigenvalue weighted by molar-refractivity contribution is -0.137. The van der Waals surface area contributed by atoms with E-state index >= 15 is 0 Å². The van der Waals surface area contributed by atoms with E-state index in [0.29, 0.717) is 24.2 Å². The van der Waals surface area contributed by atoms with Gasteiger partial charge < -0.3 is 5.32 Å². The van der Waals surface area contributed by atoms with Crippen LogP contribution in [0.15, 0.2) is 54.6 Å². The first-order chi connectivity index (χ1) is 13.1. The average molecular weight is 410 g/mol. The molecule has 28 heavy (non-hydrogen) atoms. The Morgan fingerprint density at radius 1 is 1.11 bits per heavy atom. The molecule has 0 unspecified atom stereocenters. The number of rotatable bonds is 4. The van der Waals surface area contributed by atoms with Gasteiger partial charge in [0.05, 0.1) is 17.0 Å². The maximum absolute atomic E-state index is 12.7. The van der Waals surface area contributed by atoms with Gasteiger partial charge in [-0.2, -0.15) is 13.2 Å². The number of alkyl halides is 3. The summed E-state index contributed by atoms with van der Waals surface area (Å²) in [6, 6.07) is 11.0. The highest BCUT2D eigenvalue weighted by Crippen LogP contribution is 2.30. The molecule has 9 heteroatoms. The van der Waals surface area contributed by atoms with Gasteiger partial charge in [-0.05, 0) is 48.4 Å². The van der Waals surface area contributed by atoms with E-state index in [2.05, 4.69) is 5.32 Å². The molecule has 3 rings (SSSR count). The summed E-state index contributed by atoms with van der Waals surface area (Å²) in [5, 5.41) is 2.38. The van der Waals surface area contributed by atoms with Crippen LogP contribution >= 0.6 is 0 Å². The Morgan fingerprint density at radius 3 is 2.43 bits per heavy atom. The van der Waals surface area contributed by atoms with Crippen molar-refractivity contribution in [2.45, 2.75) is 12.6 Å². The molecular weight excluding hydrogens is 393 g/mol. The summed E-state index contributed by atoms with van der Waals surface area (Å²) >= 11 is 0. The van der Waals surface area contributed by atoms with Crippen molar-refractivity contribution in [1.29, 1.82) is 0 Å². The number of hydrogen-bond acceptors (Lipinski definition) is 3. The van der Waals surface area contributed by atoms with Gasteiger partial charge in [0.25, 0.3) is 0 Å². The Morgan fingerprint density at radius 2 is 1.82 bits per heavy atom. The van der Waals surface area contributed by atoms with Crippen LogP contribution in [0.1, 0.15) is 17.5 Å². The number of anilines is 2. The number of halogens is 3.